The van der Waals surface area contributed by atoms with Crippen molar-refractivity contribution >= 4 is 5.91 Å². The third-order valence-corrected chi connectivity index (χ3v) is 2.69. The number of amides is 1. The van der Waals surface area contributed by atoms with Gasteiger partial charge in [-0.25, -0.2) is 8.78 Å². The lowest BCUT2D eigenvalue weighted by molar-refractivity contribution is -0.123. The van der Waals surface area contributed by atoms with Gasteiger partial charge in [0.15, 0.2) is 0 Å². The molecule has 1 amide bonds. The summed E-state index contributed by atoms with van der Waals surface area (Å²) < 4.78 is 25.4. The van der Waals surface area contributed by atoms with E-state index in [1.54, 1.807) is 0 Å². The summed E-state index contributed by atoms with van der Waals surface area (Å²) in [6.07, 6.45) is 1.92. The number of carbonyl (C=O) groups excluding carboxylic acids is 1. The van der Waals surface area contributed by atoms with Crippen molar-refractivity contribution in [1.29, 1.82) is 0 Å². The molecule has 2 aliphatic rings. The quantitative estimate of drug-likeness (QED) is 0.703. The van der Waals surface area contributed by atoms with Gasteiger partial charge in [0.05, 0.1) is 12.6 Å². The summed E-state index contributed by atoms with van der Waals surface area (Å²) in [5, 5.41) is 5.22. The van der Waals surface area contributed by atoms with Gasteiger partial charge < -0.3 is 5.32 Å². The topological polar surface area (TPSA) is 41.1 Å². The normalized spacial score (nSPS) is 30.3. The predicted octanol–water partition coefficient (Wildman–Crippen LogP) is 0.510. The number of hydrogen-bond acceptors (Lipinski definition) is 2. The molecule has 80 valence electrons. The molecule has 1 aliphatic heterocycles. The molecule has 1 aliphatic carbocycles. The maximum Gasteiger partial charge on any atom is 0.262 e. The molecule has 2 fully saturated rings. The summed E-state index contributed by atoms with van der Waals surface area (Å²) in [6.45, 7) is 0.261. The van der Waals surface area contributed by atoms with Crippen LogP contribution in [0.25, 0.3) is 0 Å². The molecular formula is C9H14F2N2O. The SMILES string of the molecule is O=C(NCC1CC1)[C@@H]1CC(F)(F)CN1. The molecule has 1 heterocycles. The fourth-order valence-corrected chi connectivity index (χ4v) is 1.59. The summed E-state index contributed by atoms with van der Waals surface area (Å²) in [5.74, 6) is -2.42. The van der Waals surface area contributed by atoms with Gasteiger partial charge in [0.1, 0.15) is 0 Å². The number of halogens is 2. The zero-order chi connectivity index (χ0) is 10.2. The predicted molar refractivity (Wildman–Crippen MR) is 47.1 cm³/mol. The van der Waals surface area contributed by atoms with Gasteiger partial charge in [-0.1, -0.05) is 0 Å². The Morgan fingerprint density at radius 2 is 2.21 bits per heavy atom. The van der Waals surface area contributed by atoms with Crippen LogP contribution >= 0.6 is 0 Å². The Bertz CT molecular complexity index is 241. The maximum atomic E-state index is 12.7. The van der Waals surface area contributed by atoms with Gasteiger partial charge in [0.25, 0.3) is 5.92 Å². The maximum absolute atomic E-state index is 12.7. The molecule has 0 radical (unpaired) electrons. The largest absolute Gasteiger partial charge is 0.354 e. The van der Waals surface area contributed by atoms with Crippen molar-refractivity contribution in [3.05, 3.63) is 0 Å². The van der Waals surface area contributed by atoms with Crippen molar-refractivity contribution in [1.82, 2.24) is 10.6 Å². The molecule has 0 aromatic rings. The van der Waals surface area contributed by atoms with Gasteiger partial charge in [0.2, 0.25) is 5.91 Å². The summed E-state index contributed by atoms with van der Waals surface area (Å²) in [7, 11) is 0. The van der Waals surface area contributed by atoms with E-state index in [0.717, 1.165) is 12.8 Å². The molecule has 0 spiro atoms. The van der Waals surface area contributed by atoms with Gasteiger partial charge in [-0.05, 0) is 18.8 Å². The Labute approximate surface area is 81.2 Å². The van der Waals surface area contributed by atoms with E-state index in [4.69, 9.17) is 0 Å². The lowest BCUT2D eigenvalue weighted by Gasteiger charge is -2.10. The van der Waals surface area contributed by atoms with E-state index < -0.39 is 12.0 Å². The van der Waals surface area contributed by atoms with E-state index in [-0.39, 0.29) is 18.9 Å². The van der Waals surface area contributed by atoms with E-state index in [0.29, 0.717) is 12.5 Å². The van der Waals surface area contributed by atoms with Crippen LogP contribution in [0.1, 0.15) is 19.3 Å². The van der Waals surface area contributed by atoms with Crippen molar-refractivity contribution in [3.8, 4) is 0 Å². The van der Waals surface area contributed by atoms with Crippen LogP contribution in [0.4, 0.5) is 8.78 Å². The minimum absolute atomic E-state index is 0.283. The molecule has 1 atom stereocenters. The van der Waals surface area contributed by atoms with Crippen LogP contribution < -0.4 is 10.6 Å². The Morgan fingerprint density at radius 3 is 2.71 bits per heavy atom. The van der Waals surface area contributed by atoms with Gasteiger partial charge >= 0.3 is 0 Å². The first-order chi connectivity index (χ1) is 6.57. The summed E-state index contributed by atoms with van der Waals surface area (Å²) >= 11 is 0. The molecule has 0 unspecified atom stereocenters. The minimum atomic E-state index is -2.72. The van der Waals surface area contributed by atoms with Crippen LogP contribution in [0.2, 0.25) is 0 Å². The second-order valence-electron chi connectivity index (χ2n) is 4.18. The number of carbonyl (C=O) groups is 1. The molecule has 0 aromatic heterocycles. The molecule has 3 nitrogen and oxygen atoms in total. The van der Waals surface area contributed by atoms with Crippen LogP contribution in [0.3, 0.4) is 0 Å². The molecule has 1 saturated heterocycles. The first-order valence-corrected chi connectivity index (χ1v) is 4.96. The number of alkyl halides is 2. The van der Waals surface area contributed by atoms with Crippen molar-refractivity contribution < 1.29 is 13.6 Å². The first kappa shape index (κ1) is 9.83. The minimum Gasteiger partial charge on any atom is -0.354 e. The third-order valence-electron chi connectivity index (χ3n) is 2.69. The van der Waals surface area contributed by atoms with E-state index >= 15 is 0 Å². The smallest absolute Gasteiger partial charge is 0.262 e. The van der Waals surface area contributed by atoms with E-state index in [1.807, 2.05) is 0 Å². The summed E-state index contributed by atoms with van der Waals surface area (Å²) in [6, 6.07) is -0.705. The second-order valence-corrected chi connectivity index (χ2v) is 4.18. The van der Waals surface area contributed by atoms with Crippen molar-refractivity contribution in [3.63, 3.8) is 0 Å². The average Bonchev–Trinajstić information content (AvgIpc) is 2.86. The highest BCUT2D eigenvalue weighted by atomic mass is 19.3. The zero-order valence-corrected chi connectivity index (χ0v) is 7.85. The lowest BCUT2D eigenvalue weighted by Crippen LogP contribution is -2.41. The van der Waals surface area contributed by atoms with Crippen LogP contribution in [-0.2, 0) is 4.79 Å². The highest BCUT2D eigenvalue weighted by Gasteiger charge is 2.42. The number of rotatable bonds is 3. The molecule has 14 heavy (non-hydrogen) atoms. The Balaban J connectivity index is 1.74. The fourth-order valence-electron chi connectivity index (χ4n) is 1.59. The standard InChI is InChI=1S/C9H14F2N2O/c10-9(11)3-7(13-5-9)8(14)12-4-6-1-2-6/h6-7,13H,1-5H2,(H,12,14)/t7-/m0/s1. The lowest BCUT2D eigenvalue weighted by atomic mass is 10.2. The van der Waals surface area contributed by atoms with Gasteiger partial charge in [-0.3, -0.25) is 10.1 Å². The molecular weight excluding hydrogens is 190 g/mol. The van der Waals surface area contributed by atoms with Gasteiger partial charge in [-0.15, -0.1) is 0 Å². The third kappa shape index (κ3) is 2.41. The van der Waals surface area contributed by atoms with Crippen molar-refractivity contribution in [2.75, 3.05) is 13.1 Å². The molecule has 1 saturated carbocycles. The van der Waals surface area contributed by atoms with Crippen LogP contribution in [-0.4, -0.2) is 31.0 Å². The van der Waals surface area contributed by atoms with Crippen LogP contribution in [0.15, 0.2) is 0 Å². The van der Waals surface area contributed by atoms with Crippen LogP contribution in [0.5, 0.6) is 0 Å². The molecule has 0 aromatic carbocycles. The number of hydrogen-bond donors (Lipinski definition) is 2. The fraction of sp³-hybridized carbons (Fsp3) is 0.889. The molecule has 5 heteroatoms. The average molecular weight is 204 g/mol. The van der Waals surface area contributed by atoms with Crippen molar-refractivity contribution in [2.45, 2.75) is 31.2 Å². The van der Waals surface area contributed by atoms with Crippen molar-refractivity contribution in [2.24, 2.45) is 5.92 Å². The van der Waals surface area contributed by atoms with E-state index in [2.05, 4.69) is 10.6 Å². The zero-order valence-electron chi connectivity index (χ0n) is 7.85. The van der Waals surface area contributed by atoms with Crippen LogP contribution in [0, 0.1) is 5.92 Å². The number of nitrogens with one attached hydrogen (secondary N) is 2. The summed E-state index contributed by atoms with van der Waals surface area (Å²) in [5.41, 5.74) is 0. The first-order valence-electron chi connectivity index (χ1n) is 4.96. The molecule has 2 rings (SSSR count). The highest BCUT2D eigenvalue weighted by Crippen LogP contribution is 2.28. The summed E-state index contributed by atoms with van der Waals surface area (Å²) in [4.78, 5) is 11.4. The highest BCUT2D eigenvalue weighted by molar-refractivity contribution is 5.82. The Hall–Kier alpha value is -0.710. The van der Waals surface area contributed by atoms with Gasteiger partial charge in [-0.2, -0.15) is 0 Å². The molecule has 0 bridgehead atoms. The Kier molecular flexibility index (Phi) is 2.43. The molecule has 2 N–H and O–H groups in total. The van der Waals surface area contributed by atoms with Gasteiger partial charge in [0, 0.05) is 13.0 Å². The van der Waals surface area contributed by atoms with E-state index in [9.17, 15) is 13.6 Å². The Morgan fingerprint density at radius 1 is 1.50 bits per heavy atom. The van der Waals surface area contributed by atoms with E-state index in [1.165, 1.54) is 0 Å². The second kappa shape index (κ2) is 3.46. The monoisotopic (exact) mass is 204 g/mol.